The Morgan fingerprint density at radius 2 is 0.629 bits per heavy atom. The van der Waals surface area contributed by atoms with Crippen molar-refractivity contribution in [1.29, 1.82) is 0 Å². The molecule has 2 heterocycles. The second kappa shape index (κ2) is 16.1. The molecule has 0 radical (unpaired) electrons. The summed E-state index contributed by atoms with van der Waals surface area (Å²) in [6, 6.07) is 86.6. The molecule has 0 spiro atoms. The Kier molecular flexibility index (Phi) is 9.57. The van der Waals surface area contributed by atoms with Gasteiger partial charge in [-0.2, -0.15) is 0 Å². The first-order chi connectivity index (χ1) is 30.7. The predicted octanol–water partition coefficient (Wildman–Crippen LogP) is 16.1. The topological polar surface area (TPSA) is 25.8 Å². The molecule has 0 aliphatic carbocycles. The lowest BCUT2D eigenvalue weighted by molar-refractivity contribution is 1.32. The SMILES string of the molecule is c1ccc(-c2cccc(-c3cc(-c4cccc(-c5ccc6ccc7nc(-c8ccccc8)cc(-c8ccccc8)c7c6c5)c4)cc(-c4cccc(-c5ccccc5)c4)n3)c2)cc1. The summed E-state index contributed by atoms with van der Waals surface area (Å²) in [4.78, 5) is 10.6. The molecule has 290 valence electrons. The third-order valence-corrected chi connectivity index (χ3v) is 11.8. The highest BCUT2D eigenvalue weighted by Gasteiger charge is 2.15. The Morgan fingerprint density at radius 3 is 1.19 bits per heavy atom. The van der Waals surface area contributed by atoms with Gasteiger partial charge in [-0.25, -0.2) is 9.97 Å². The third-order valence-electron chi connectivity index (χ3n) is 11.8. The smallest absolute Gasteiger partial charge is 0.0722 e. The van der Waals surface area contributed by atoms with E-state index in [2.05, 4.69) is 243 Å². The molecular formula is C60H40N2. The molecule has 0 aliphatic heterocycles. The number of rotatable bonds is 8. The number of nitrogens with zero attached hydrogens (tertiary/aromatic N) is 2. The zero-order chi connectivity index (χ0) is 41.2. The van der Waals surface area contributed by atoms with E-state index in [9.17, 15) is 0 Å². The molecule has 0 bridgehead atoms. The molecule has 0 unspecified atom stereocenters. The maximum atomic E-state index is 5.37. The minimum Gasteiger partial charge on any atom is -0.248 e. The standard InChI is InChI=1S/C60H40N2/c1-5-16-41(17-6-1)46-24-14-28-51(35-46)57-38-53(39-58(62-57)52-29-15-25-47(36-52)42-18-7-2-8-19-42)49-27-13-26-48(34-49)50-31-30-44-32-33-56-60(54(44)37-50)55(43-20-9-3-10-21-43)40-59(61-56)45-22-11-4-12-23-45/h1-40H. The van der Waals surface area contributed by atoms with Gasteiger partial charge in [-0.05, 0) is 115 Å². The molecule has 11 aromatic rings. The molecule has 0 saturated heterocycles. The van der Waals surface area contributed by atoms with Crippen molar-refractivity contribution in [3.63, 3.8) is 0 Å². The van der Waals surface area contributed by atoms with E-state index in [-0.39, 0.29) is 0 Å². The summed E-state index contributed by atoms with van der Waals surface area (Å²) < 4.78 is 0. The van der Waals surface area contributed by atoms with Gasteiger partial charge < -0.3 is 0 Å². The highest BCUT2D eigenvalue weighted by Crippen LogP contribution is 2.40. The molecule has 0 fully saturated rings. The van der Waals surface area contributed by atoms with E-state index >= 15 is 0 Å². The lowest BCUT2D eigenvalue weighted by atomic mass is 9.92. The summed E-state index contributed by atoms with van der Waals surface area (Å²) >= 11 is 0. The number of fused-ring (bicyclic) bond motifs is 3. The van der Waals surface area contributed by atoms with Crippen LogP contribution in [0.1, 0.15) is 0 Å². The molecule has 0 atom stereocenters. The monoisotopic (exact) mass is 788 g/mol. The van der Waals surface area contributed by atoms with Crippen LogP contribution in [-0.2, 0) is 0 Å². The normalized spacial score (nSPS) is 11.2. The van der Waals surface area contributed by atoms with Crippen LogP contribution in [0.3, 0.4) is 0 Å². The van der Waals surface area contributed by atoms with Gasteiger partial charge in [-0.3, -0.25) is 0 Å². The van der Waals surface area contributed by atoms with Crippen molar-refractivity contribution >= 4 is 21.7 Å². The van der Waals surface area contributed by atoms with E-state index in [0.717, 1.165) is 78.1 Å². The van der Waals surface area contributed by atoms with Crippen LogP contribution < -0.4 is 0 Å². The lowest BCUT2D eigenvalue weighted by Gasteiger charge is -2.15. The van der Waals surface area contributed by atoms with Crippen molar-refractivity contribution in [3.05, 3.63) is 243 Å². The van der Waals surface area contributed by atoms with E-state index < -0.39 is 0 Å². The van der Waals surface area contributed by atoms with Gasteiger partial charge in [0.2, 0.25) is 0 Å². The minimum absolute atomic E-state index is 0.929. The van der Waals surface area contributed by atoms with Crippen molar-refractivity contribution in [2.75, 3.05) is 0 Å². The van der Waals surface area contributed by atoms with Gasteiger partial charge in [0.15, 0.2) is 0 Å². The Bertz CT molecular complexity index is 3280. The molecule has 0 N–H and O–H groups in total. The van der Waals surface area contributed by atoms with Crippen LogP contribution in [0.2, 0.25) is 0 Å². The van der Waals surface area contributed by atoms with E-state index in [1.165, 1.54) is 33.0 Å². The van der Waals surface area contributed by atoms with E-state index in [1.807, 2.05) is 0 Å². The van der Waals surface area contributed by atoms with Crippen LogP contribution in [-0.4, -0.2) is 9.97 Å². The van der Waals surface area contributed by atoms with Gasteiger partial charge in [0, 0.05) is 22.1 Å². The van der Waals surface area contributed by atoms with E-state index in [0.29, 0.717) is 0 Å². The van der Waals surface area contributed by atoms with Crippen molar-refractivity contribution < 1.29 is 0 Å². The summed E-state index contributed by atoms with van der Waals surface area (Å²) in [5, 5.41) is 3.52. The zero-order valence-electron chi connectivity index (χ0n) is 34.0. The summed E-state index contributed by atoms with van der Waals surface area (Å²) in [5.41, 5.74) is 18.6. The summed E-state index contributed by atoms with van der Waals surface area (Å²) in [6.45, 7) is 0. The van der Waals surface area contributed by atoms with Gasteiger partial charge in [-0.1, -0.05) is 194 Å². The average molecular weight is 789 g/mol. The largest absolute Gasteiger partial charge is 0.248 e. The first-order valence-electron chi connectivity index (χ1n) is 21.1. The highest BCUT2D eigenvalue weighted by molar-refractivity contribution is 6.14. The van der Waals surface area contributed by atoms with Crippen LogP contribution in [0.15, 0.2) is 243 Å². The fourth-order valence-corrected chi connectivity index (χ4v) is 8.69. The van der Waals surface area contributed by atoms with Gasteiger partial charge in [0.05, 0.1) is 22.6 Å². The zero-order valence-corrected chi connectivity index (χ0v) is 34.0. The van der Waals surface area contributed by atoms with Crippen LogP contribution in [0, 0.1) is 0 Å². The fourth-order valence-electron chi connectivity index (χ4n) is 8.69. The van der Waals surface area contributed by atoms with E-state index in [1.54, 1.807) is 0 Å². The Morgan fingerprint density at radius 1 is 0.226 bits per heavy atom. The third kappa shape index (κ3) is 7.25. The van der Waals surface area contributed by atoms with E-state index in [4.69, 9.17) is 9.97 Å². The van der Waals surface area contributed by atoms with Gasteiger partial charge in [-0.15, -0.1) is 0 Å². The molecule has 0 amide bonds. The molecule has 11 rings (SSSR count). The summed E-state index contributed by atoms with van der Waals surface area (Å²) in [5.74, 6) is 0. The predicted molar refractivity (Wildman–Crippen MR) is 261 cm³/mol. The second-order valence-electron chi connectivity index (χ2n) is 15.8. The first kappa shape index (κ1) is 36.8. The van der Waals surface area contributed by atoms with Crippen molar-refractivity contribution in [2.45, 2.75) is 0 Å². The second-order valence-corrected chi connectivity index (χ2v) is 15.8. The van der Waals surface area contributed by atoms with Crippen molar-refractivity contribution in [1.82, 2.24) is 9.97 Å². The van der Waals surface area contributed by atoms with Gasteiger partial charge in [0.1, 0.15) is 0 Å². The molecular weight excluding hydrogens is 749 g/mol. The van der Waals surface area contributed by atoms with Crippen LogP contribution in [0.25, 0.3) is 111 Å². The number of hydrogen-bond acceptors (Lipinski definition) is 2. The maximum absolute atomic E-state index is 5.37. The van der Waals surface area contributed by atoms with Crippen molar-refractivity contribution in [3.8, 4) is 89.4 Å². The quantitative estimate of drug-likeness (QED) is 0.143. The molecule has 62 heavy (non-hydrogen) atoms. The van der Waals surface area contributed by atoms with Crippen LogP contribution in [0.4, 0.5) is 0 Å². The molecule has 0 saturated carbocycles. The fraction of sp³-hybridized carbons (Fsp3) is 0. The maximum Gasteiger partial charge on any atom is 0.0722 e. The molecule has 2 aromatic heterocycles. The molecule has 2 heteroatoms. The number of benzene rings is 9. The molecule has 2 nitrogen and oxygen atoms in total. The lowest BCUT2D eigenvalue weighted by Crippen LogP contribution is -1.93. The van der Waals surface area contributed by atoms with Crippen molar-refractivity contribution in [2.24, 2.45) is 0 Å². The van der Waals surface area contributed by atoms with Gasteiger partial charge in [0.25, 0.3) is 0 Å². The average Bonchev–Trinajstić information content (AvgIpc) is 3.37. The number of aromatic nitrogens is 2. The Balaban J connectivity index is 1.05. The first-order valence-corrected chi connectivity index (χ1v) is 21.1. The summed E-state index contributed by atoms with van der Waals surface area (Å²) in [7, 11) is 0. The number of pyridine rings is 2. The Hall–Kier alpha value is -8.20. The number of hydrogen-bond donors (Lipinski definition) is 0. The van der Waals surface area contributed by atoms with Gasteiger partial charge >= 0.3 is 0 Å². The van der Waals surface area contributed by atoms with Crippen LogP contribution >= 0.6 is 0 Å². The Labute approximate surface area is 362 Å². The minimum atomic E-state index is 0.929. The van der Waals surface area contributed by atoms with Crippen LogP contribution in [0.5, 0.6) is 0 Å². The highest BCUT2D eigenvalue weighted by atomic mass is 14.7. The molecule has 0 aliphatic rings. The summed E-state index contributed by atoms with van der Waals surface area (Å²) in [6.07, 6.45) is 0. The molecule has 9 aromatic carbocycles.